The van der Waals surface area contributed by atoms with Gasteiger partial charge in [-0.1, -0.05) is 30.3 Å². The quantitative estimate of drug-likeness (QED) is 0.759. The number of anilines is 1. The molecule has 0 heterocycles. The number of rotatable bonds is 6. The predicted molar refractivity (Wildman–Crippen MR) is 98.7 cm³/mol. The van der Waals surface area contributed by atoms with Gasteiger partial charge < -0.3 is 14.5 Å². The molecule has 0 radical (unpaired) electrons. The fourth-order valence-corrected chi connectivity index (χ4v) is 2.51. The van der Waals surface area contributed by atoms with E-state index in [0.29, 0.717) is 12.1 Å². The molecule has 0 fully saturated rings. The monoisotopic (exact) mass is 340 g/mol. The summed E-state index contributed by atoms with van der Waals surface area (Å²) in [5, 5.41) is 0. The first-order chi connectivity index (χ1) is 11.9. The summed E-state index contributed by atoms with van der Waals surface area (Å²) in [5.41, 5.74) is 3.55. The van der Waals surface area contributed by atoms with E-state index < -0.39 is 5.97 Å². The summed E-state index contributed by atoms with van der Waals surface area (Å²) >= 11 is 0. The van der Waals surface area contributed by atoms with E-state index in [4.69, 9.17) is 4.74 Å². The zero-order chi connectivity index (χ0) is 18.4. The summed E-state index contributed by atoms with van der Waals surface area (Å²) < 4.78 is 4.76. The Balaban J connectivity index is 2.31. The molecule has 25 heavy (non-hydrogen) atoms. The number of esters is 1. The van der Waals surface area contributed by atoms with Crippen LogP contribution in [-0.2, 0) is 16.1 Å². The Morgan fingerprint density at radius 2 is 1.76 bits per heavy atom. The minimum atomic E-state index is -0.439. The zero-order valence-corrected chi connectivity index (χ0v) is 15.2. The van der Waals surface area contributed by atoms with E-state index in [9.17, 15) is 9.59 Å². The van der Waals surface area contributed by atoms with E-state index in [1.54, 1.807) is 6.07 Å². The topological polar surface area (TPSA) is 49.9 Å². The first-order valence-corrected chi connectivity index (χ1v) is 8.10. The highest BCUT2D eigenvalue weighted by Gasteiger charge is 2.20. The molecule has 1 amide bonds. The van der Waals surface area contributed by atoms with Crippen molar-refractivity contribution in [2.75, 3.05) is 32.6 Å². The smallest absolute Gasteiger partial charge is 0.325 e. The van der Waals surface area contributed by atoms with Gasteiger partial charge in [0.2, 0.25) is 0 Å². The summed E-state index contributed by atoms with van der Waals surface area (Å²) in [5.74, 6) is -0.636. The van der Waals surface area contributed by atoms with Gasteiger partial charge in [-0.2, -0.15) is 0 Å². The number of nitrogens with zero attached hydrogens (tertiary/aromatic N) is 2. The van der Waals surface area contributed by atoms with Crippen molar-refractivity contribution in [2.24, 2.45) is 0 Å². The maximum Gasteiger partial charge on any atom is 0.325 e. The summed E-state index contributed by atoms with van der Waals surface area (Å²) in [6.07, 6.45) is 0. The Morgan fingerprint density at radius 3 is 2.40 bits per heavy atom. The minimum Gasteiger partial charge on any atom is -0.468 e. The molecule has 0 aliphatic heterocycles. The van der Waals surface area contributed by atoms with Gasteiger partial charge >= 0.3 is 5.97 Å². The normalized spacial score (nSPS) is 10.2. The van der Waals surface area contributed by atoms with Gasteiger partial charge in [0, 0.05) is 31.9 Å². The van der Waals surface area contributed by atoms with Crippen molar-refractivity contribution >= 4 is 17.6 Å². The highest BCUT2D eigenvalue weighted by atomic mass is 16.5. The number of carbonyl (C=O) groups is 2. The molecule has 0 unspecified atom stereocenters. The van der Waals surface area contributed by atoms with E-state index in [1.807, 2.05) is 68.4 Å². The van der Waals surface area contributed by atoms with Crippen LogP contribution in [0.2, 0.25) is 0 Å². The van der Waals surface area contributed by atoms with Gasteiger partial charge in [0.05, 0.1) is 7.11 Å². The molecule has 0 aliphatic rings. The van der Waals surface area contributed by atoms with Gasteiger partial charge in [-0.15, -0.1) is 0 Å². The number of hydrogen-bond acceptors (Lipinski definition) is 4. The molecule has 0 atom stereocenters. The molecule has 2 aromatic carbocycles. The maximum atomic E-state index is 13.0. The van der Waals surface area contributed by atoms with E-state index in [0.717, 1.165) is 16.8 Å². The van der Waals surface area contributed by atoms with Crippen LogP contribution in [0.3, 0.4) is 0 Å². The zero-order valence-electron chi connectivity index (χ0n) is 15.2. The molecule has 0 N–H and O–H groups in total. The fourth-order valence-electron chi connectivity index (χ4n) is 2.51. The van der Waals surface area contributed by atoms with Gasteiger partial charge in [0.1, 0.15) is 6.54 Å². The third kappa shape index (κ3) is 4.83. The summed E-state index contributed by atoms with van der Waals surface area (Å²) in [6, 6.07) is 15.2. The molecular formula is C20H24N2O3. The second-order valence-corrected chi connectivity index (χ2v) is 6.11. The number of methoxy groups -OCH3 is 1. The molecule has 2 rings (SSSR count). The molecule has 0 spiro atoms. The Hall–Kier alpha value is -2.82. The number of carbonyl (C=O) groups excluding carboxylic acids is 2. The number of hydrogen-bond donors (Lipinski definition) is 0. The SMILES string of the molecule is COC(=O)CN(Cc1ccccc1C)C(=O)c1cccc(N(C)C)c1. The highest BCUT2D eigenvalue weighted by molar-refractivity contribution is 5.96. The van der Waals surface area contributed by atoms with Crippen molar-refractivity contribution in [3.8, 4) is 0 Å². The van der Waals surface area contributed by atoms with E-state index in [2.05, 4.69) is 0 Å². The Labute approximate surface area is 148 Å². The standard InChI is InChI=1S/C20H24N2O3/c1-15-8-5-6-9-17(15)13-22(14-19(23)25-4)20(24)16-10-7-11-18(12-16)21(2)3/h5-12H,13-14H2,1-4H3. The summed E-state index contributed by atoms with van der Waals surface area (Å²) in [4.78, 5) is 28.2. The Bertz CT molecular complexity index is 756. The van der Waals surface area contributed by atoms with Gasteiger partial charge in [0.15, 0.2) is 0 Å². The van der Waals surface area contributed by atoms with Crippen LogP contribution in [0.25, 0.3) is 0 Å². The van der Waals surface area contributed by atoms with Crippen LogP contribution in [-0.4, -0.2) is 44.5 Å². The Kier molecular flexibility index (Phi) is 6.17. The van der Waals surface area contributed by atoms with Gasteiger partial charge in [-0.05, 0) is 36.2 Å². The predicted octanol–water partition coefficient (Wildman–Crippen LogP) is 2.88. The van der Waals surface area contributed by atoms with Crippen LogP contribution in [0.1, 0.15) is 21.5 Å². The lowest BCUT2D eigenvalue weighted by Gasteiger charge is -2.23. The van der Waals surface area contributed by atoms with Gasteiger partial charge in [-0.3, -0.25) is 9.59 Å². The lowest BCUT2D eigenvalue weighted by atomic mass is 10.1. The second kappa shape index (κ2) is 8.33. The van der Waals surface area contributed by atoms with Gasteiger partial charge in [0.25, 0.3) is 5.91 Å². The molecule has 5 nitrogen and oxygen atoms in total. The highest BCUT2D eigenvalue weighted by Crippen LogP contribution is 2.17. The third-order valence-corrected chi connectivity index (χ3v) is 4.07. The molecule has 0 saturated carbocycles. The van der Waals surface area contributed by atoms with Crippen LogP contribution >= 0.6 is 0 Å². The molecule has 5 heteroatoms. The molecule has 132 valence electrons. The number of aryl methyl sites for hydroxylation is 1. The maximum absolute atomic E-state index is 13.0. The summed E-state index contributed by atoms with van der Waals surface area (Å²) in [6.45, 7) is 2.26. The van der Waals surface area contributed by atoms with Crippen molar-refractivity contribution in [1.29, 1.82) is 0 Å². The van der Waals surface area contributed by atoms with Crippen molar-refractivity contribution in [3.63, 3.8) is 0 Å². The molecule has 0 aromatic heterocycles. The van der Waals surface area contributed by atoms with Crippen LogP contribution in [0.15, 0.2) is 48.5 Å². The van der Waals surface area contributed by atoms with E-state index >= 15 is 0 Å². The minimum absolute atomic E-state index is 0.0874. The van der Waals surface area contributed by atoms with Gasteiger partial charge in [-0.25, -0.2) is 0 Å². The first kappa shape index (κ1) is 18.5. The molecule has 0 saturated heterocycles. The average molecular weight is 340 g/mol. The third-order valence-electron chi connectivity index (χ3n) is 4.07. The number of ether oxygens (including phenoxy) is 1. The Morgan fingerprint density at radius 1 is 1.04 bits per heavy atom. The molecule has 2 aromatic rings. The van der Waals surface area contributed by atoms with Crippen molar-refractivity contribution in [2.45, 2.75) is 13.5 Å². The van der Waals surface area contributed by atoms with Crippen molar-refractivity contribution in [1.82, 2.24) is 4.90 Å². The lowest BCUT2D eigenvalue weighted by Crippen LogP contribution is -2.36. The number of amides is 1. The lowest BCUT2D eigenvalue weighted by molar-refractivity contribution is -0.141. The van der Waals surface area contributed by atoms with Crippen LogP contribution in [0.5, 0.6) is 0 Å². The van der Waals surface area contributed by atoms with E-state index in [-0.39, 0.29) is 12.5 Å². The van der Waals surface area contributed by atoms with Crippen LogP contribution in [0, 0.1) is 6.92 Å². The molecular weight excluding hydrogens is 316 g/mol. The summed E-state index contributed by atoms with van der Waals surface area (Å²) in [7, 11) is 5.16. The number of benzene rings is 2. The van der Waals surface area contributed by atoms with Crippen LogP contribution in [0.4, 0.5) is 5.69 Å². The fraction of sp³-hybridized carbons (Fsp3) is 0.300. The average Bonchev–Trinajstić information content (AvgIpc) is 2.62. The first-order valence-electron chi connectivity index (χ1n) is 8.10. The van der Waals surface area contributed by atoms with E-state index in [1.165, 1.54) is 12.0 Å². The largest absolute Gasteiger partial charge is 0.468 e. The van der Waals surface area contributed by atoms with Crippen LogP contribution < -0.4 is 4.90 Å². The molecule has 0 bridgehead atoms. The van der Waals surface area contributed by atoms with Crippen molar-refractivity contribution < 1.29 is 14.3 Å². The second-order valence-electron chi connectivity index (χ2n) is 6.11. The van der Waals surface area contributed by atoms with Crippen molar-refractivity contribution in [3.05, 3.63) is 65.2 Å². The molecule has 0 aliphatic carbocycles.